The predicted molar refractivity (Wildman–Crippen MR) is 56.0 cm³/mol. The maximum Gasteiger partial charge on any atom is 0.330 e. The lowest BCUT2D eigenvalue weighted by molar-refractivity contribution is -0.0514. The number of hydrogen-bond acceptors (Lipinski definition) is 5. The number of hydrogen-bond donors (Lipinski definition) is 2. The van der Waals surface area contributed by atoms with Crippen molar-refractivity contribution in [3.8, 4) is 6.07 Å². The second-order valence-corrected chi connectivity index (χ2v) is 3.54. The van der Waals surface area contributed by atoms with Gasteiger partial charge in [0, 0.05) is 12.3 Å². The van der Waals surface area contributed by atoms with Crippen molar-refractivity contribution in [2.45, 2.75) is 11.8 Å². The van der Waals surface area contributed by atoms with Crippen LogP contribution >= 0.6 is 0 Å². The Hall–Kier alpha value is -2.17. The van der Waals surface area contributed by atoms with E-state index in [4.69, 9.17) is 15.1 Å². The summed E-state index contributed by atoms with van der Waals surface area (Å²) in [5.41, 5.74) is -2.58. The van der Waals surface area contributed by atoms with Gasteiger partial charge in [0.15, 0.2) is 11.8 Å². The number of rotatable bonds is 2. The molecule has 2 heterocycles. The molecule has 0 fully saturated rings. The monoisotopic (exact) mass is 235 g/mol. The highest BCUT2D eigenvalue weighted by Gasteiger charge is 2.36. The fourth-order valence-electron chi connectivity index (χ4n) is 1.50. The normalized spacial score (nSPS) is 26.9. The summed E-state index contributed by atoms with van der Waals surface area (Å²) in [6.45, 7) is -0.505. The molecule has 0 unspecified atom stereocenters. The van der Waals surface area contributed by atoms with E-state index in [0.717, 1.165) is 4.57 Å². The Bertz CT molecular complexity index is 609. The highest BCUT2D eigenvalue weighted by atomic mass is 16.5. The Morgan fingerprint density at radius 1 is 1.65 bits per heavy atom. The Labute approximate surface area is 95.2 Å². The molecule has 0 spiro atoms. The van der Waals surface area contributed by atoms with E-state index >= 15 is 0 Å². The van der Waals surface area contributed by atoms with Gasteiger partial charge in [0.1, 0.15) is 6.07 Å². The van der Waals surface area contributed by atoms with Crippen LogP contribution in [0.1, 0.15) is 6.23 Å². The molecule has 0 saturated heterocycles. The van der Waals surface area contributed by atoms with E-state index in [1.54, 1.807) is 0 Å². The molecule has 0 aromatic carbocycles. The summed E-state index contributed by atoms with van der Waals surface area (Å²) in [6, 6.07) is 2.98. The van der Waals surface area contributed by atoms with Crippen molar-refractivity contribution < 1.29 is 9.84 Å². The van der Waals surface area contributed by atoms with Crippen molar-refractivity contribution in [2.75, 3.05) is 6.61 Å². The van der Waals surface area contributed by atoms with Crippen molar-refractivity contribution in [3.63, 3.8) is 0 Å². The van der Waals surface area contributed by atoms with E-state index in [0.29, 0.717) is 0 Å². The van der Waals surface area contributed by atoms with Crippen LogP contribution < -0.4 is 11.2 Å². The number of aliphatic hydroxyl groups excluding tert-OH is 1. The number of nitrogens with one attached hydrogen (secondary N) is 1. The molecule has 1 aliphatic heterocycles. The van der Waals surface area contributed by atoms with Crippen LogP contribution in [0, 0.1) is 11.3 Å². The summed E-state index contributed by atoms with van der Waals surface area (Å²) < 4.78 is 6.39. The third kappa shape index (κ3) is 1.91. The maximum atomic E-state index is 11.5. The Morgan fingerprint density at radius 2 is 2.41 bits per heavy atom. The van der Waals surface area contributed by atoms with Crippen molar-refractivity contribution in [2.24, 2.45) is 0 Å². The first-order valence-electron chi connectivity index (χ1n) is 4.81. The Morgan fingerprint density at radius 3 is 2.94 bits per heavy atom. The molecule has 7 nitrogen and oxygen atoms in total. The van der Waals surface area contributed by atoms with Crippen LogP contribution in [0.2, 0.25) is 0 Å². The molecule has 7 heteroatoms. The predicted octanol–water partition coefficient (Wildman–Crippen LogP) is -1.12. The SMILES string of the molecule is N#C[C@@]1(CO)C=C[C@H](n2ccc(=O)[nH]c2=O)O1. The number of aliphatic hydroxyl groups is 1. The van der Waals surface area contributed by atoms with Gasteiger partial charge in [-0.25, -0.2) is 4.79 Å². The molecule has 1 aliphatic rings. The van der Waals surface area contributed by atoms with E-state index in [1.165, 1.54) is 24.4 Å². The van der Waals surface area contributed by atoms with Crippen LogP contribution in [-0.2, 0) is 4.74 Å². The van der Waals surface area contributed by atoms with Gasteiger partial charge in [-0.2, -0.15) is 5.26 Å². The lowest BCUT2D eigenvalue weighted by Gasteiger charge is -2.19. The van der Waals surface area contributed by atoms with Gasteiger partial charge in [0.2, 0.25) is 0 Å². The fourth-order valence-corrected chi connectivity index (χ4v) is 1.50. The third-order valence-corrected chi connectivity index (χ3v) is 2.41. The minimum Gasteiger partial charge on any atom is -0.392 e. The molecule has 0 amide bonds. The minimum absolute atomic E-state index is 0.505. The van der Waals surface area contributed by atoms with Gasteiger partial charge >= 0.3 is 5.69 Å². The first-order valence-corrected chi connectivity index (χ1v) is 4.81. The van der Waals surface area contributed by atoms with Crippen molar-refractivity contribution in [1.82, 2.24) is 9.55 Å². The van der Waals surface area contributed by atoms with E-state index in [-0.39, 0.29) is 0 Å². The lowest BCUT2D eigenvalue weighted by atomic mass is 10.1. The fraction of sp³-hybridized carbons (Fsp3) is 0.300. The Kier molecular flexibility index (Phi) is 2.67. The van der Waals surface area contributed by atoms with Crippen LogP contribution in [0.3, 0.4) is 0 Å². The smallest absolute Gasteiger partial charge is 0.330 e. The quantitative estimate of drug-likeness (QED) is 0.631. The zero-order valence-electron chi connectivity index (χ0n) is 8.66. The average molecular weight is 235 g/mol. The highest BCUT2D eigenvalue weighted by molar-refractivity contribution is 5.21. The minimum atomic E-state index is -1.43. The summed E-state index contributed by atoms with van der Waals surface area (Å²) in [5.74, 6) is 0. The number of nitriles is 1. The molecule has 2 N–H and O–H groups in total. The van der Waals surface area contributed by atoms with Gasteiger partial charge in [0.25, 0.3) is 5.56 Å². The van der Waals surface area contributed by atoms with Gasteiger partial charge < -0.3 is 9.84 Å². The van der Waals surface area contributed by atoms with E-state index in [2.05, 4.69) is 4.98 Å². The molecular weight excluding hydrogens is 226 g/mol. The van der Waals surface area contributed by atoms with Crippen molar-refractivity contribution >= 4 is 0 Å². The van der Waals surface area contributed by atoms with Crippen LogP contribution in [0.25, 0.3) is 0 Å². The standard InChI is InChI=1S/C10H9N3O4/c11-5-10(6-14)3-1-8(17-10)13-4-2-7(15)12-9(13)16/h1-4,8,14H,6H2,(H,12,15,16)/t8-,10-/m1/s1. The van der Waals surface area contributed by atoms with Gasteiger partial charge in [-0.3, -0.25) is 14.3 Å². The molecule has 2 rings (SSSR count). The number of aromatic nitrogens is 2. The molecule has 2 atom stereocenters. The van der Waals surface area contributed by atoms with Crippen LogP contribution in [0.5, 0.6) is 0 Å². The van der Waals surface area contributed by atoms with Gasteiger partial charge in [0.05, 0.1) is 6.61 Å². The number of H-pyrrole nitrogens is 1. The van der Waals surface area contributed by atoms with Crippen LogP contribution in [0.4, 0.5) is 0 Å². The van der Waals surface area contributed by atoms with Gasteiger partial charge in [-0.1, -0.05) is 0 Å². The molecule has 1 aromatic heterocycles. The van der Waals surface area contributed by atoms with Gasteiger partial charge in [-0.05, 0) is 12.2 Å². The van der Waals surface area contributed by atoms with Crippen LogP contribution in [-0.4, -0.2) is 26.9 Å². The maximum absolute atomic E-state index is 11.5. The van der Waals surface area contributed by atoms with E-state index in [1.807, 2.05) is 6.07 Å². The average Bonchev–Trinajstić information content (AvgIpc) is 2.74. The number of nitrogens with zero attached hydrogens (tertiary/aromatic N) is 2. The summed E-state index contributed by atoms with van der Waals surface area (Å²) in [5, 5.41) is 17.9. The molecule has 0 bridgehead atoms. The van der Waals surface area contributed by atoms with Crippen LogP contribution in [0.15, 0.2) is 34.0 Å². The molecule has 88 valence electrons. The third-order valence-electron chi connectivity index (χ3n) is 2.41. The molecule has 1 aromatic rings. The summed E-state index contributed by atoms with van der Waals surface area (Å²) in [7, 11) is 0. The summed E-state index contributed by atoms with van der Waals surface area (Å²) in [6.07, 6.45) is 3.31. The van der Waals surface area contributed by atoms with Crippen molar-refractivity contribution in [3.05, 3.63) is 45.3 Å². The number of aromatic amines is 1. The first kappa shape index (κ1) is 11.3. The lowest BCUT2D eigenvalue weighted by Crippen LogP contribution is -2.35. The van der Waals surface area contributed by atoms with E-state index in [9.17, 15) is 9.59 Å². The number of ether oxygens (including phenoxy) is 1. The highest BCUT2D eigenvalue weighted by Crippen LogP contribution is 2.27. The zero-order chi connectivity index (χ0) is 12.5. The second-order valence-electron chi connectivity index (χ2n) is 3.54. The molecule has 17 heavy (non-hydrogen) atoms. The summed E-state index contributed by atoms with van der Waals surface area (Å²) >= 11 is 0. The molecule has 0 aliphatic carbocycles. The molecular formula is C10H9N3O4. The first-order chi connectivity index (χ1) is 8.10. The second kappa shape index (κ2) is 4.01. The topological polar surface area (TPSA) is 108 Å². The summed E-state index contributed by atoms with van der Waals surface area (Å²) in [4.78, 5) is 24.4. The Balaban J connectivity index is 2.35. The van der Waals surface area contributed by atoms with E-state index < -0.39 is 29.7 Å². The molecule has 0 saturated carbocycles. The van der Waals surface area contributed by atoms with Crippen molar-refractivity contribution in [1.29, 1.82) is 5.26 Å². The zero-order valence-corrected chi connectivity index (χ0v) is 8.66. The van der Waals surface area contributed by atoms with Gasteiger partial charge in [-0.15, -0.1) is 0 Å². The molecule has 0 radical (unpaired) electrons. The largest absolute Gasteiger partial charge is 0.392 e.